The van der Waals surface area contributed by atoms with Crippen LogP contribution in [0.15, 0.2) is 24.5 Å². The number of hydrogen-bond acceptors (Lipinski definition) is 8. The molecule has 0 N–H and O–H groups in total. The quantitative estimate of drug-likeness (QED) is 0.332. The summed E-state index contributed by atoms with van der Waals surface area (Å²) in [5.74, 6) is 0.913. The number of nitro benzene ring substituents is 1. The second-order valence-corrected chi connectivity index (χ2v) is 13.4. The van der Waals surface area contributed by atoms with E-state index < -0.39 is 5.60 Å². The molecule has 0 radical (unpaired) electrons. The maximum atomic E-state index is 12.4. The number of likely N-dealkylation sites (tertiary alicyclic amines) is 2. The lowest BCUT2D eigenvalue weighted by Crippen LogP contribution is -2.49. The van der Waals surface area contributed by atoms with Crippen molar-refractivity contribution in [3.05, 3.63) is 34.6 Å². The fraction of sp³-hybridized carbons (Fsp3) is 0.677. The summed E-state index contributed by atoms with van der Waals surface area (Å²) >= 11 is 0. The molecule has 0 aliphatic carbocycles. The summed E-state index contributed by atoms with van der Waals surface area (Å²) in [7, 11) is 3.34. The summed E-state index contributed by atoms with van der Waals surface area (Å²) in [4.78, 5) is 30.7. The molecular weight excluding hydrogens is 536 g/mol. The lowest BCUT2D eigenvalue weighted by Gasteiger charge is -2.48. The summed E-state index contributed by atoms with van der Waals surface area (Å²) in [6.45, 7) is 12.5. The van der Waals surface area contributed by atoms with E-state index in [0.29, 0.717) is 11.3 Å². The van der Waals surface area contributed by atoms with Crippen LogP contribution in [-0.2, 0) is 11.8 Å². The van der Waals surface area contributed by atoms with Gasteiger partial charge < -0.3 is 24.2 Å². The molecule has 1 amide bonds. The normalized spacial score (nSPS) is 20.1. The number of rotatable bonds is 6. The second kappa shape index (κ2) is 12.1. The van der Waals surface area contributed by atoms with E-state index in [0.717, 1.165) is 88.3 Å². The van der Waals surface area contributed by atoms with Crippen molar-refractivity contribution in [2.24, 2.45) is 18.4 Å². The average molecular weight is 583 g/mol. The number of carbonyl (C=O) groups is 1. The molecule has 11 nitrogen and oxygen atoms in total. The third-order valence-electron chi connectivity index (χ3n) is 9.37. The van der Waals surface area contributed by atoms with Crippen molar-refractivity contribution in [2.45, 2.75) is 64.9 Å². The Morgan fingerprint density at radius 1 is 1.07 bits per heavy atom. The zero-order chi connectivity index (χ0) is 30.1. The number of methoxy groups -OCH3 is 1. The number of nitro groups is 1. The van der Waals surface area contributed by atoms with E-state index in [4.69, 9.17) is 9.47 Å². The van der Waals surface area contributed by atoms with E-state index in [1.165, 1.54) is 20.0 Å². The maximum Gasteiger partial charge on any atom is 0.410 e. The highest BCUT2D eigenvalue weighted by Crippen LogP contribution is 2.46. The molecule has 4 heterocycles. The van der Waals surface area contributed by atoms with Gasteiger partial charge in [-0.15, -0.1) is 0 Å². The molecule has 5 rings (SSSR count). The van der Waals surface area contributed by atoms with Gasteiger partial charge >= 0.3 is 11.8 Å². The van der Waals surface area contributed by atoms with E-state index in [2.05, 4.69) is 14.9 Å². The minimum Gasteiger partial charge on any atom is -0.490 e. The molecule has 1 aromatic carbocycles. The Balaban J connectivity index is 1.16. The first kappa shape index (κ1) is 30.1. The number of benzene rings is 1. The highest BCUT2D eigenvalue weighted by molar-refractivity contribution is 5.82. The Hall–Kier alpha value is -3.34. The second-order valence-electron chi connectivity index (χ2n) is 13.4. The van der Waals surface area contributed by atoms with E-state index in [1.54, 1.807) is 16.9 Å². The minimum absolute atomic E-state index is 0.0310. The molecule has 3 aliphatic rings. The summed E-state index contributed by atoms with van der Waals surface area (Å²) in [5.41, 5.74) is 2.52. The van der Waals surface area contributed by atoms with Gasteiger partial charge in [0.1, 0.15) is 5.60 Å². The van der Waals surface area contributed by atoms with E-state index in [1.807, 2.05) is 45.0 Å². The lowest BCUT2D eigenvalue weighted by atomic mass is 9.71. The van der Waals surface area contributed by atoms with Gasteiger partial charge in [0.05, 0.1) is 18.2 Å². The third-order valence-corrected chi connectivity index (χ3v) is 9.37. The van der Waals surface area contributed by atoms with Crippen LogP contribution in [0.3, 0.4) is 0 Å². The molecule has 1 aromatic heterocycles. The van der Waals surface area contributed by atoms with Crippen molar-refractivity contribution in [2.75, 3.05) is 57.8 Å². The van der Waals surface area contributed by atoms with Crippen LogP contribution in [0.5, 0.6) is 5.75 Å². The summed E-state index contributed by atoms with van der Waals surface area (Å²) in [6.07, 6.45) is 10.2. The topological polar surface area (TPSA) is 106 Å². The lowest BCUT2D eigenvalue weighted by molar-refractivity contribution is -0.385. The van der Waals surface area contributed by atoms with Crippen LogP contribution in [0.2, 0.25) is 0 Å². The highest BCUT2D eigenvalue weighted by atomic mass is 16.6. The number of ether oxygens (including phenoxy) is 2. The molecule has 0 bridgehead atoms. The smallest absolute Gasteiger partial charge is 0.410 e. The third kappa shape index (κ3) is 6.82. The molecule has 1 spiro atoms. The molecule has 3 saturated heterocycles. The van der Waals surface area contributed by atoms with Crippen LogP contribution in [0.1, 0.15) is 59.3 Å². The van der Waals surface area contributed by atoms with E-state index >= 15 is 0 Å². The predicted octanol–water partition coefficient (Wildman–Crippen LogP) is 5.33. The number of carbonyl (C=O) groups excluding carboxylic acids is 1. The van der Waals surface area contributed by atoms with E-state index in [-0.39, 0.29) is 22.5 Å². The monoisotopic (exact) mass is 582 g/mol. The Morgan fingerprint density at radius 3 is 2.26 bits per heavy atom. The van der Waals surface area contributed by atoms with Crippen molar-refractivity contribution in [1.29, 1.82) is 0 Å². The van der Waals surface area contributed by atoms with Crippen LogP contribution in [0, 0.1) is 21.4 Å². The standard InChI is InChI=1S/C31H46N6O5/c1-30(2,3)42-29(38)36-12-6-23(7-13-36)21-34-14-8-31(9-15-34)10-16-35(17-11-31)26-19-28(41-5)27(37(39)40)18-25(26)24-20-32-33(4)22-24/h18-20,22-23H,6-17,21H2,1-5H3. The van der Waals surface area contributed by atoms with Gasteiger partial charge in [0, 0.05) is 74.9 Å². The van der Waals surface area contributed by atoms with Gasteiger partial charge in [-0.2, -0.15) is 5.10 Å². The summed E-state index contributed by atoms with van der Waals surface area (Å²) in [5, 5.41) is 16.1. The molecule has 3 fully saturated rings. The Morgan fingerprint density at radius 2 is 1.71 bits per heavy atom. The Kier molecular flexibility index (Phi) is 8.68. The van der Waals surface area contributed by atoms with Gasteiger partial charge in [-0.3, -0.25) is 14.8 Å². The SMILES string of the molecule is COc1cc(N2CCC3(CCN(CC4CCN(C(=O)OC(C)(C)C)CC4)CC3)CC2)c(-c2cnn(C)c2)cc1[N+](=O)[O-]. The predicted molar refractivity (Wildman–Crippen MR) is 162 cm³/mol. The van der Waals surface area contributed by atoms with Crippen molar-refractivity contribution in [1.82, 2.24) is 19.6 Å². The van der Waals surface area contributed by atoms with Crippen LogP contribution in [0.25, 0.3) is 11.1 Å². The molecule has 0 saturated carbocycles. The number of anilines is 1. The van der Waals surface area contributed by atoms with E-state index in [9.17, 15) is 14.9 Å². The number of hydrogen-bond donors (Lipinski definition) is 0. The van der Waals surface area contributed by atoms with Crippen LogP contribution in [0.4, 0.5) is 16.2 Å². The van der Waals surface area contributed by atoms with Crippen LogP contribution >= 0.6 is 0 Å². The van der Waals surface area contributed by atoms with Crippen molar-refractivity contribution < 1.29 is 19.2 Å². The Bertz CT molecular complexity index is 1260. The molecular formula is C31H46N6O5. The molecule has 0 unspecified atom stereocenters. The zero-order valence-electron chi connectivity index (χ0n) is 25.8. The molecule has 11 heteroatoms. The van der Waals surface area contributed by atoms with Crippen molar-refractivity contribution in [3.63, 3.8) is 0 Å². The van der Waals surface area contributed by atoms with Gasteiger partial charge in [-0.25, -0.2) is 4.79 Å². The average Bonchev–Trinajstić information content (AvgIpc) is 3.39. The van der Waals surface area contributed by atoms with Gasteiger partial charge in [0.2, 0.25) is 0 Å². The van der Waals surface area contributed by atoms with Crippen LogP contribution in [-0.4, -0.2) is 89.1 Å². The molecule has 2 aromatic rings. The Labute approximate surface area is 248 Å². The summed E-state index contributed by atoms with van der Waals surface area (Å²) in [6, 6.07) is 3.46. The number of aryl methyl sites for hydroxylation is 1. The fourth-order valence-corrected chi connectivity index (χ4v) is 6.84. The summed E-state index contributed by atoms with van der Waals surface area (Å²) < 4.78 is 12.7. The molecule has 0 atom stereocenters. The molecule has 42 heavy (non-hydrogen) atoms. The highest BCUT2D eigenvalue weighted by Gasteiger charge is 2.39. The zero-order valence-corrected chi connectivity index (χ0v) is 25.8. The number of aromatic nitrogens is 2. The van der Waals surface area contributed by atoms with Gasteiger partial charge in [0.15, 0.2) is 5.75 Å². The molecule has 3 aliphatic heterocycles. The fourth-order valence-electron chi connectivity index (χ4n) is 6.84. The first-order valence-electron chi connectivity index (χ1n) is 15.3. The number of nitrogens with zero attached hydrogens (tertiary/aromatic N) is 6. The number of piperidine rings is 3. The first-order chi connectivity index (χ1) is 19.9. The first-order valence-corrected chi connectivity index (χ1v) is 15.3. The van der Waals surface area contributed by atoms with Gasteiger partial charge in [0.25, 0.3) is 0 Å². The van der Waals surface area contributed by atoms with Crippen LogP contribution < -0.4 is 9.64 Å². The van der Waals surface area contributed by atoms with Gasteiger partial charge in [-0.1, -0.05) is 0 Å². The van der Waals surface area contributed by atoms with Gasteiger partial charge in [-0.05, 0) is 83.7 Å². The number of amides is 1. The molecule has 230 valence electrons. The van der Waals surface area contributed by atoms with Crippen molar-refractivity contribution >= 4 is 17.5 Å². The largest absolute Gasteiger partial charge is 0.490 e. The minimum atomic E-state index is -0.454. The van der Waals surface area contributed by atoms with Crippen molar-refractivity contribution in [3.8, 4) is 16.9 Å². The maximum absolute atomic E-state index is 12.4.